The molecular weight excluding hydrogens is 194 g/mol. The Morgan fingerprint density at radius 2 is 1.93 bits per heavy atom. The van der Waals surface area contributed by atoms with Gasteiger partial charge in [0.05, 0.1) is 0 Å². The predicted molar refractivity (Wildman–Crippen MR) is 61.5 cm³/mol. The van der Waals surface area contributed by atoms with Gasteiger partial charge in [-0.3, -0.25) is 4.90 Å². The largest absolute Gasteiger partial charge is 0.300 e. The average molecular weight is 212 g/mol. The molecule has 1 saturated carbocycles. The van der Waals surface area contributed by atoms with Gasteiger partial charge >= 0.3 is 0 Å². The molecule has 0 aromatic rings. The van der Waals surface area contributed by atoms with Crippen molar-refractivity contribution in [2.75, 3.05) is 19.6 Å². The zero-order chi connectivity index (χ0) is 9.80. The molecule has 0 amide bonds. The maximum absolute atomic E-state index is 6.14. The fourth-order valence-electron chi connectivity index (χ4n) is 1.98. The predicted octanol–water partition coefficient (Wildman–Crippen LogP) is 3.32. The Kier molecular flexibility index (Phi) is 3.66. The van der Waals surface area contributed by atoms with Crippen molar-refractivity contribution in [2.24, 2.45) is 0 Å². The molecule has 78 valence electrons. The average Bonchev–Trinajstić information content (AvgIpc) is 2.53. The zero-order valence-corrected chi connectivity index (χ0v) is 9.39. The summed E-state index contributed by atoms with van der Waals surface area (Å²) in [5.41, 5.74) is 1.45. The van der Waals surface area contributed by atoms with Crippen LogP contribution in [0.3, 0.4) is 0 Å². The van der Waals surface area contributed by atoms with Crippen molar-refractivity contribution in [3.63, 3.8) is 0 Å². The molecule has 0 radical (unpaired) electrons. The third-order valence-electron chi connectivity index (χ3n) is 3.12. The van der Waals surface area contributed by atoms with Crippen molar-refractivity contribution in [1.82, 2.24) is 4.90 Å². The smallest absolute Gasteiger partial charge is 0.0395 e. The third-order valence-corrected chi connectivity index (χ3v) is 3.51. The van der Waals surface area contributed by atoms with Crippen LogP contribution in [0.4, 0.5) is 0 Å². The number of hydrogen-bond donors (Lipinski definition) is 0. The second-order valence-electron chi connectivity index (χ2n) is 4.22. The number of halogens is 1. The number of rotatable bonds is 3. The summed E-state index contributed by atoms with van der Waals surface area (Å²) in [5, 5.41) is 0.996. The van der Waals surface area contributed by atoms with Crippen LogP contribution in [-0.4, -0.2) is 24.5 Å². The lowest BCUT2D eigenvalue weighted by molar-refractivity contribution is 0.377. The number of hydrogen-bond acceptors (Lipinski definition) is 1. The van der Waals surface area contributed by atoms with Crippen LogP contribution in [0.25, 0.3) is 0 Å². The normalized spacial score (nSPS) is 23.1. The van der Waals surface area contributed by atoms with Crippen LogP contribution in [0.1, 0.15) is 32.1 Å². The Morgan fingerprint density at radius 3 is 2.50 bits per heavy atom. The van der Waals surface area contributed by atoms with Crippen molar-refractivity contribution in [3.8, 4) is 0 Å². The lowest BCUT2D eigenvalue weighted by Gasteiger charge is -2.17. The van der Waals surface area contributed by atoms with E-state index in [9.17, 15) is 0 Å². The molecule has 1 heterocycles. The number of allylic oxidation sites excluding steroid dienone is 3. The number of nitrogens with zero attached hydrogens (tertiary/aromatic N) is 1. The Morgan fingerprint density at radius 1 is 1.21 bits per heavy atom. The quantitative estimate of drug-likeness (QED) is 0.693. The van der Waals surface area contributed by atoms with Gasteiger partial charge in [0, 0.05) is 11.6 Å². The Hall–Kier alpha value is -0.270. The molecule has 0 aromatic heterocycles. The van der Waals surface area contributed by atoms with E-state index in [0.29, 0.717) is 0 Å². The van der Waals surface area contributed by atoms with Gasteiger partial charge in [-0.2, -0.15) is 0 Å². The molecular formula is C12H18ClN. The summed E-state index contributed by atoms with van der Waals surface area (Å²) in [6.07, 6.45) is 10.8. The molecule has 0 atom stereocenters. The van der Waals surface area contributed by atoms with Crippen molar-refractivity contribution in [1.29, 1.82) is 0 Å². The molecule has 1 nitrogen and oxygen atoms in total. The highest BCUT2D eigenvalue weighted by Gasteiger charge is 2.12. The van der Waals surface area contributed by atoms with Gasteiger partial charge in [0.1, 0.15) is 0 Å². The first-order valence-electron chi connectivity index (χ1n) is 5.63. The van der Waals surface area contributed by atoms with E-state index in [1.807, 2.05) is 0 Å². The molecule has 0 unspecified atom stereocenters. The first-order chi connectivity index (χ1) is 6.86. The van der Waals surface area contributed by atoms with Gasteiger partial charge in [0.25, 0.3) is 0 Å². The molecule has 2 fully saturated rings. The van der Waals surface area contributed by atoms with Gasteiger partial charge in [-0.05, 0) is 51.3 Å². The summed E-state index contributed by atoms with van der Waals surface area (Å²) in [6.45, 7) is 3.60. The topological polar surface area (TPSA) is 3.24 Å². The Balaban J connectivity index is 1.75. The van der Waals surface area contributed by atoms with Crippen LogP contribution < -0.4 is 0 Å². The second kappa shape index (κ2) is 4.99. The summed E-state index contributed by atoms with van der Waals surface area (Å²) in [7, 11) is 0. The van der Waals surface area contributed by atoms with E-state index < -0.39 is 0 Å². The number of likely N-dealkylation sites (tertiary alicyclic amines) is 1. The van der Waals surface area contributed by atoms with Gasteiger partial charge in [-0.15, -0.1) is 0 Å². The SMILES string of the molecule is ClC(/C=C/CN1CCCC1)=C1CCC1. The van der Waals surface area contributed by atoms with Crippen LogP contribution in [0.5, 0.6) is 0 Å². The summed E-state index contributed by atoms with van der Waals surface area (Å²) in [4.78, 5) is 2.48. The molecule has 0 bridgehead atoms. The molecule has 0 spiro atoms. The monoisotopic (exact) mass is 211 g/mol. The maximum Gasteiger partial charge on any atom is 0.0395 e. The van der Waals surface area contributed by atoms with Gasteiger partial charge in [0.15, 0.2) is 0 Å². The minimum Gasteiger partial charge on any atom is -0.300 e. The van der Waals surface area contributed by atoms with E-state index in [0.717, 1.165) is 11.6 Å². The van der Waals surface area contributed by atoms with Gasteiger partial charge in [-0.25, -0.2) is 0 Å². The highest BCUT2D eigenvalue weighted by atomic mass is 35.5. The van der Waals surface area contributed by atoms with Crippen molar-refractivity contribution >= 4 is 11.6 Å². The molecule has 1 aliphatic heterocycles. The summed E-state index contributed by atoms with van der Waals surface area (Å²) in [6, 6.07) is 0. The van der Waals surface area contributed by atoms with Crippen molar-refractivity contribution in [2.45, 2.75) is 32.1 Å². The van der Waals surface area contributed by atoms with Crippen LogP contribution >= 0.6 is 11.6 Å². The summed E-state index contributed by atoms with van der Waals surface area (Å²) < 4.78 is 0. The molecule has 2 aliphatic rings. The lowest BCUT2D eigenvalue weighted by Crippen LogP contribution is -2.18. The zero-order valence-electron chi connectivity index (χ0n) is 8.64. The van der Waals surface area contributed by atoms with E-state index in [2.05, 4.69) is 17.1 Å². The van der Waals surface area contributed by atoms with E-state index in [1.165, 1.54) is 50.8 Å². The van der Waals surface area contributed by atoms with Crippen LogP contribution in [0.15, 0.2) is 22.8 Å². The minimum absolute atomic E-state index is 0.996. The van der Waals surface area contributed by atoms with Gasteiger partial charge in [0.2, 0.25) is 0 Å². The molecule has 1 saturated heterocycles. The van der Waals surface area contributed by atoms with E-state index >= 15 is 0 Å². The summed E-state index contributed by atoms with van der Waals surface area (Å²) in [5.74, 6) is 0. The van der Waals surface area contributed by atoms with Crippen molar-refractivity contribution in [3.05, 3.63) is 22.8 Å². The molecule has 0 N–H and O–H groups in total. The highest BCUT2D eigenvalue weighted by Crippen LogP contribution is 2.30. The third kappa shape index (κ3) is 2.61. The standard InChI is InChI=1S/C12H18ClN/c13-12(11-5-3-6-11)7-4-10-14-8-1-2-9-14/h4,7H,1-3,5-6,8-10H2/b7-4+. The Bertz CT molecular complexity index is 243. The Labute approximate surface area is 91.4 Å². The molecule has 2 rings (SSSR count). The highest BCUT2D eigenvalue weighted by molar-refractivity contribution is 6.31. The van der Waals surface area contributed by atoms with Gasteiger partial charge < -0.3 is 0 Å². The molecule has 1 aliphatic carbocycles. The lowest BCUT2D eigenvalue weighted by atomic mass is 9.92. The summed E-state index contributed by atoms with van der Waals surface area (Å²) >= 11 is 6.14. The first kappa shape index (κ1) is 10.3. The fourth-order valence-corrected chi connectivity index (χ4v) is 2.26. The molecule has 2 heteroatoms. The first-order valence-corrected chi connectivity index (χ1v) is 6.00. The molecule has 0 aromatic carbocycles. The second-order valence-corrected chi connectivity index (χ2v) is 4.62. The maximum atomic E-state index is 6.14. The fraction of sp³-hybridized carbons (Fsp3) is 0.667. The van der Waals surface area contributed by atoms with Crippen LogP contribution in [0, 0.1) is 0 Å². The van der Waals surface area contributed by atoms with Gasteiger partial charge in [-0.1, -0.05) is 23.3 Å². The molecule has 14 heavy (non-hydrogen) atoms. The van der Waals surface area contributed by atoms with Crippen molar-refractivity contribution < 1.29 is 0 Å². The van der Waals surface area contributed by atoms with E-state index in [1.54, 1.807) is 0 Å². The van der Waals surface area contributed by atoms with Crippen LogP contribution in [-0.2, 0) is 0 Å². The minimum atomic E-state index is 0.996. The van der Waals surface area contributed by atoms with E-state index in [4.69, 9.17) is 11.6 Å². The van der Waals surface area contributed by atoms with Crippen LogP contribution in [0.2, 0.25) is 0 Å². The van der Waals surface area contributed by atoms with E-state index in [-0.39, 0.29) is 0 Å².